The van der Waals surface area contributed by atoms with Crippen LogP contribution < -0.4 is 36.3 Å². The molecule has 3 aliphatic carbocycles. The zero-order chi connectivity index (χ0) is 93.5. The molecular weight excluding hydrogens is 1010 g/mol. The number of aromatic nitrogens is 16. The average Bonchev–Trinajstić information content (AvgIpc) is 1.57. The fourth-order valence-corrected chi connectivity index (χ4v) is 10.6. The van der Waals surface area contributed by atoms with Gasteiger partial charge in [0.25, 0.3) is 0 Å². The summed E-state index contributed by atoms with van der Waals surface area (Å²) in [4.78, 5) is 31.2. The highest BCUT2D eigenvalue weighted by Gasteiger charge is 2.54. The summed E-state index contributed by atoms with van der Waals surface area (Å²) in [6.07, 6.45) is 8.81. The van der Waals surface area contributed by atoms with Gasteiger partial charge in [-0.05, 0) is 112 Å². The van der Waals surface area contributed by atoms with E-state index in [4.69, 9.17) is 112 Å². The van der Waals surface area contributed by atoms with E-state index in [9.17, 15) is 8.78 Å². The van der Waals surface area contributed by atoms with Crippen molar-refractivity contribution in [3.63, 3.8) is 0 Å². The molecular formula is C48H94Cl2F2N21O2+. The number of nitrogens with one attached hydrogen (secondary N) is 3. The first kappa shape index (κ1) is 31.2. The van der Waals surface area contributed by atoms with E-state index in [0.717, 1.165) is 75.1 Å². The number of nitrogens with zero attached hydrogens (tertiary/aromatic N) is 16. The summed E-state index contributed by atoms with van der Waals surface area (Å²) in [5, 5.41) is 39.7. The van der Waals surface area contributed by atoms with Crippen molar-refractivity contribution in [3.05, 3.63) is 100 Å². The van der Waals surface area contributed by atoms with E-state index in [-0.39, 0.29) is 47.3 Å². The maximum absolute atomic E-state index is 14.5. The van der Waals surface area contributed by atoms with Gasteiger partial charge in [-0.2, -0.15) is 14.5 Å². The molecule has 9 aromatic rings. The van der Waals surface area contributed by atoms with Crippen LogP contribution in [0.4, 0.5) is 20.3 Å². The molecule has 4 fully saturated rings. The first-order valence-corrected chi connectivity index (χ1v) is 24.4. The molecule has 23 nitrogen and oxygen atoms in total. The number of aromatic amines is 1. The first-order valence-electron chi connectivity index (χ1n) is 44.6. The Bertz CT molecular complexity index is 3680. The highest BCUT2D eigenvalue weighted by atomic mass is 35.5. The molecule has 2 aliphatic heterocycles. The second-order valence-corrected chi connectivity index (χ2v) is 19.2. The summed E-state index contributed by atoms with van der Waals surface area (Å²) < 4.78 is 249. The van der Waals surface area contributed by atoms with Gasteiger partial charge in [-0.25, -0.2) is 23.4 Å². The number of halogens is 4. The molecule has 430 valence electrons. The monoisotopic (exact) mass is 1150 g/mol. The lowest BCUT2D eigenvalue weighted by molar-refractivity contribution is -0.609. The number of nitrogens with two attached hydrogens (primary N) is 2. The van der Waals surface area contributed by atoms with Crippen LogP contribution in [-0.4, -0.2) is 126 Å². The molecule has 14 rings (SSSR count). The molecule has 2 aromatic carbocycles. The van der Waals surface area contributed by atoms with E-state index in [1.165, 1.54) is 53.2 Å². The molecule has 2 unspecified atom stereocenters. The van der Waals surface area contributed by atoms with Crippen LogP contribution in [0.25, 0.3) is 50.4 Å². The number of aromatic hydroxyl groups is 1. The zero-order valence-corrected chi connectivity index (χ0v) is 41.7. The fourth-order valence-electron chi connectivity index (χ4n) is 10.1. The topological polar surface area (TPSA) is 293 Å². The first-order chi connectivity index (χ1) is 56.8. The molecule has 27 heteroatoms. The molecule has 8 N–H and O–H groups in total. The summed E-state index contributed by atoms with van der Waals surface area (Å²) in [7, 11) is 5.20. The minimum atomic E-state index is -0.322. The summed E-state index contributed by atoms with van der Waals surface area (Å²) in [6.45, 7) is 5.95. The summed E-state index contributed by atoms with van der Waals surface area (Å²) in [6, 6.07) is 8.76. The number of anilines is 2. The van der Waals surface area contributed by atoms with Crippen molar-refractivity contribution < 1.29 is 85.6 Å². The highest BCUT2D eigenvalue weighted by Crippen LogP contribution is 2.48. The Morgan fingerprint density at radius 1 is 0.907 bits per heavy atom. The third-order valence-corrected chi connectivity index (χ3v) is 14.4. The van der Waals surface area contributed by atoms with Crippen LogP contribution in [0.3, 0.4) is 0 Å². The van der Waals surface area contributed by atoms with E-state index in [0.29, 0.717) is 65.0 Å². The Labute approximate surface area is 501 Å². The molecule has 0 bridgehead atoms. The molecule has 75 heavy (non-hydrogen) atoms. The third-order valence-electron chi connectivity index (χ3n) is 14.0. The lowest BCUT2D eigenvalue weighted by Gasteiger charge is -2.21. The highest BCUT2D eigenvalue weighted by molar-refractivity contribution is 6.34. The predicted octanol–water partition coefficient (Wildman–Crippen LogP) is 9.67. The summed E-state index contributed by atoms with van der Waals surface area (Å²) in [5.74, 6) is 4.27. The number of H-pyrrole nitrogens is 1. The Kier molecular flexibility index (Phi) is 8.56. The van der Waals surface area contributed by atoms with Gasteiger partial charge >= 0.3 is 12.0 Å². The number of rotatable bonds is 7. The van der Waals surface area contributed by atoms with Gasteiger partial charge in [-0.1, -0.05) is 26.0 Å². The van der Waals surface area contributed by atoms with Crippen molar-refractivity contribution in [2.75, 3.05) is 43.4 Å². The lowest BCUT2D eigenvalue weighted by Crippen LogP contribution is -2.34. The smallest absolute Gasteiger partial charge is 0.402 e. The molecule has 6 atom stereocenters. The van der Waals surface area contributed by atoms with E-state index < -0.39 is 0 Å². The number of hydrogen-bond donors (Lipinski definition) is 6. The maximum atomic E-state index is 14.5. The number of piperidine rings is 2. The van der Waals surface area contributed by atoms with Gasteiger partial charge in [0.05, 0.1) is 29.8 Å². The van der Waals surface area contributed by atoms with Gasteiger partial charge in [0, 0.05) is 152 Å². The van der Waals surface area contributed by atoms with Crippen molar-refractivity contribution in [2.45, 2.75) is 39.3 Å². The van der Waals surface area contributed by atoms with Crippen LogP contribution in [-0.2, 0) is 26.9 Å². The van der Waals surface area contributed by atoms with Crippen LogP contribution in [0, 0.1) is 35.3 Å². The van der Waals surface area contributed by atoms with Crippen molar-refractivity contribution >= 4 is 56.6 Å². The molecule has 0 radical (unpaired) electrons. The van der Waals surface area contributed by atoms with Crippen LogP contribution in [0.5, 0.6) is 17.5 Å². The second kappa shape index (κ2) is 20.5. The third kappa shape index (κ3) is 9.91. The Balaban J connectivity index is -0.000000117. The molecule has 0 spiro atoms. The Hall–Kier alpha value is -7.71. The number of ether oxygens (including phenoxy) is 1. The van der Waals surface area contributed by atoms with E-state index in [2.05, 4.69) is 76.5 Å². The van der Waals surface area contributed by atoms with E-state index in [1.54, 1.807) is 56.4 Å². The van der Waals surface area contributed by atoms with Crippen molar-refractivity contribution in [1.82, 2.24) is 80.6 Å². The Morgan fingerprint density at radius 2 is 1.64 bits per heavy atom. The number of fused-ring (bicyclic) bond motifs is 8. The quantitative estimate of drug-likeness (QED) is 0.0491. The molecule has 9 heterocycles. The molecule has 5 aliphatic rings. The number of tetrazole rings is 2. The van der Waals surface area contributed by atoms with E-state index >= 15 is 0 Å². The summed E-state index contributed by atoms with van der Waals surface area (Å²) >= 11 is 11.9. The lowest BCUT2D eigenvalue weighted by atomic mass is 10.1. The second-order valence-electron chi connectivity index (χ2n) is 18.5. The molecule has 0 amide bonds. The number of hydrogen-bond acceptors (Lipinski definition) is 19. The number of benzene rings is 2. The summed E-state index contributed by atoms with van der Waals surface area (Å²) in [5.41, 5.74) is 18.7. The van der Waals surface area contributed by atoms with Gasteiger partial charge < -0.3 is 41.8 Å². The Morgan fingerprint density at radius 3 is 2.31 bits per heavy atom. The standard InChI is InChI=1S/C24H23FN10O.C12H8Cl2FN3.C6H6N6O.C5H10N2.CH4.21H2/c1-3-11-4-13(25)6-15-18-21(28-20(11)15)29-24(30-23(18)35-9-16-17(10-35)19(16)26)36-14-5-12(7-27-8-14)22-31-32-33-34(22)2;1-16-8-3-5(15)2-7-6(8)4-9-10(7)11(13)18-12(14)17-9;1-11-6(8-9-10-11)12-3-5(13)2-7-4-12;6-5-3-1-7-2-4(3)5;;;;;;;;;;;;;;;;;;;;;;/h4-8,16-17,19H,3,9-10,26H2,1-2H3,(H,28,29,30);2-3,16H,4H2,1H3;2-4H,1H3;3-5,7H,1-2,6H2;1H4;21*1H/p+1/t16-,17+,19?;;;3-,4+,5?;;;;;;;;;;;;;;;;;;;;;;/i;;;;;21*1+1D. The molecule has 2 saturated heterocycles. The number of aryl methyl sites for hydroxylation is 3. The van der Waals surface area contributed by atoms with Gasteiger partial charge in [0.2, 0.25) is 5.28 Å². The minimum Gasteiger partial charge on any atom is -0.503 e. The molecule has 7 aromatic heterocycles. The van der Waals surface area contributed by atoms with Crippen LogP contribution in [0.15, 0.2) is 61.4 Å². The molecule has 2 saturated carbocycles. The van der Waals surface area contributed by atoms with E-state index in [1.807, 2.05) is 6.92 Å². The van der Waals surface area contributed by atoms with Crippen LogP contribution in [0.2, 0.25) is 10.4 Å². The normalized spacial score (nSPS) is 22.3. The van der Waals surface area contributed by atoms with Gasteiger partial charge in [-0.3, -0.25) is 4.98 Å². The number of pyridine rings is 1. The van der Waals surface area contributed by atoms with Crippen LogP contribution in [0.1, 0.15) is 93.5 Å². The predicted molar refractivity (Wildman–Crippen MR) is 319 cm³/mol. The maximum Gasteiger partial charge on any atom is 0.402 e. The van der Waals surface area contributed by atoms with Gasteiger partial charge in [-0.15, -0.1) is 14.8 Å². The van der Waals surface area contributed by atoms with Crippen molar-refractivity contribution in [3.8, 4) is 46.0 Å². The minimum absolute atomic E-state index is 0. The van der Waals surface area contributed by atoms with Gasteiger partial charge in [0.15, 0.2) is 17.9 Å². The van der Waals surface area contributed by atoms with Crippen LogP contribution >= 0.6 is 23.2 Å². The average molecular weight is 1150 g/mol. The fraction of sp³-hybridized carbons (Fsp3) is 0.354. The SMILES string of the molecule is C.CCc1cc(F)cc2c1[nH]c1nc(Oc3cncc(-c4nnnn4C)c3)nc(N3C[C@@H]4C(N)[C@@H]4C3)c12.CNc1cc(F)cc2c1Cc1nc(Cl)nc(Cl)c1-2.Cn1nnnc1-[n+]1cncc(O)c1.NC1[C@H]2CNC[C@@H]12.[2H][2H].[2H][2H].[2H][2H].[2H][2H].[2H][2H].[2H][2H].[2H][2H].[2H][2H].[2H][2H].[2H][2H].[2H][2H].[2H][2H].[2H][2H].[2H][2H].[2H][2H].[2H][2H].[2H][2H].[2H][2H].[2H][2H].[2H][2H].[2H][2H]. The zero-order valence-electron chi connectivity index (χ0n) is 82.2. The van der Waals surface area contributed by atoms with Gasteiger partial charge in [0.1, 0.15) is 46.4 Å². The van der Waals surface area contributed by atoms with Crippen molar-refractivity contribution in [1.29, 1.82) is 0 Å². The largest absolute Gasteiger partial charge is 0.503 e. The van der Waals surface area contributed by atoms with Crippen molar-refractivity contribution in [2.24, 2.45) is 49.2 Å².